The molecule has 6 nitrogen and oxygen atoms in total. The predicted molar refractivity (Wildman–Crippen MR) is 117 cm³/mol. The molecule has 1 fully saturated rings. The van der Waals surface area contributed by atoms with Crippen molar-refractivity contribution in [2.24, 2.45) is 0 Å². The fourth-order valence-corrected chi connectivity index (χ4v) is 3.59. The normalized spacial score (nSPS) is 14.6. The van der Waals surface area contributed by atoms with Crippen LogP contribution >= 0.6 is 11.6 Å². The topological polar surface area (TPSA) is 78.5 Å². The van der Waals surface area contributed by atoms with E-state index in [1.165, 1.54) is 25.0 Å². The standard InChI is InChI=1S/C22H20ClFN6/c1-12(13-4-7-16(24)8-5-13)25-22-26-18-9-6-15(23)10-17(18)21(28-22)27-20-11-19(29-30-20)14-2-3-14/h4-12,14H,2-3H2,1H3,(H3,25,26,27,28,29,30)/t12-/m0/s1. The maximum atomic E-state index is 13.2. The zero-order chi connectivity index (χ0) is 20.7. The summed E-state index contributed by atoms with van der Waals surface area (Å²) in [6, 6.07) is 13.8. The molecule has 0 spiro atoms. The third-order valence-electron chi connectivity index (χ3n) is 5.23. The maximum Gasteiger partial charge on any atom is 0.225 e. The van der Waals surface area contributed by atoms with Gasteiger partial charge in [0.15, 0.2) is 5.82 Å². The molecule has 0 bridgehead atoms. The number of nitrogens with zero attached hydrogens (tertiary/aromatic N) is 3. The lowest BCUT2D eigenvalue weighted by Crippen LogP contribution is -2.10. The van der Waals surface area contributed by atoms with E-state index in [2.05, 4.69) is 30.8 Å². The zero-order valence-electron chi connectivity index (χ0n) is 16.3. The van der Waals surface area contributed by atoms with Gasteiger partial charge in [0.2, 0.25) is 5.95 Å². The predicted octanol–water partition coefficient (Wildman–Crippen LogP) is 5.94. The largest absolute Gasteiger partial charge is 0.348 e. The van der Waals surface area contributed by atoms with Gasteiger partial charge in [0.1, 0.15) is 11.6 Å². The van der Waals surface area contributed by atoms with Gasteiger partial charge in [0, 0.05) is 28.1 Å². The Balaban J connectivity index is 1.47. The molecule has 0 saturated heterocycles. The van der Waals surface area contributed by atoms with Crippen molar-refractivity contribution in [2.75, 3.05) is 10.6 Å². The Labute approximate surface area is 177 Å². The van der Waals surface area contributed by atoms with Crippen molar-refractivity contribution in [2.45, 2.75) is 31.7 Å². The minimum Gasteiger partial charge on any atom is -0.348 e. The molecule has 2 aromatic carbocycles. The Hall–Kier alpha value is -3.19. The van der Waals surface area contributed by atoms with Gasteiger partial charge in [0.25, 0.3) is 0 Å². The van der Waals surface area contributed by atoms with E-state index in [1.807, 2.05) is 25.1 Å². The Morgan fingerprint density at radius 3 is 2.67 bits per heavy atom. The van der Waals surface area contributed by atoms with Crippen LogP contribution in [-0.2, 0) is 0 Å². The van der Waals surface area contributed by atoms with Crippen molar-refractivity contribution < 1.29 is 4.39 Å². The first kappa shape index (κ1) is 18.8. The van der Waals surface area contributed by atoms with Crippen LogP contribution in [0.3, 0.4) is 0 Å². The molecule has 152 valence electrons. The zero-order valence-corrected chi connectivity index (χ0v) is 17.0. The number of hydrogen-bond donors (Lipinski definition) is 3. The summed E-state index contributed by atoms with van der Waals surface area (Å²) in [4.78, 5) is 9.29. The lowest BCUT2D eigenvalue weighted by Gasteiger charge is -2.16. The molecule has 1 aliphatic rings. The lowest BCUT2D eigenvalue weighted by atomic mass is 10.1. The second-order valence-electron chi connectivity index (χ2n) is 7.58. The van der Waals surface area contributed by atoms with E-state index in [-0.39, 0.29) is 11.9 Å². The van der Waals surface area contributed by atoms with Gasteiger partial charge in [-0.25, -0.2) is 9.37 Å². The van der Waals surface area contributed by atoms with E-state index in [0.717, 1.165) is 22.2 Å². The quantitative estimate of drug-likeness (QED) is 0.358. The van der Waals surface area contributed by atoms with Crippen molar-refractivity contribution in [1.82, 2.24) is 20.2 Å². The number of fused-ring (bicyclic) bond motifs is 1. The van der Waals surface area contributed by atoms with Crippen LogP contribution in [0.4, 0.5) is 22.0 Å². The molecule has 1 aliphatic carbocycles. The maximum absolute atomic E-state index is 13.2. The molecular formula is C22H20ClFN6. The van der Waals surface area contributed by atoms with Gasteiger partial charge in [-0.15, -0.1) is 0 Å². The van der Waals surface area contributed by atoms with E-state index >= 15 is 0 Å². The molecule has 0 aliphatic heterocycles. The highest BCUT2D eigenvalue weighted by Crippen LogP contribution is 2.40. The molecule has 0 amide bonds. The highest BCUT2D eigenvalue weighted by Gasteiger charge is 2.25. The average Bonchev–Trinajstić information content (AvgIpc) is 3.48. The SMILES string of the molecule is C[C@H](Nc1nc(Nc2cc(C3CC3)[nH]n2)c2cc(Cl)ccc2n1)c1ccc(F)cc1. The van der Waals surface area contributed by atoms with Crippen molar-refractivity contribution in [3.63, 3.8) is 0 Å². The lowest BCUT2D eigenvalue weighted by molar-refractivity contribution is 0.626. The summed E-state index contributed by atoms with van der Waals surface area (Å²) in [6.45, 7) is 1.98. The van der Waals surface area contributed by atoms with Crippen LogP contribution in [0.5, 0.6) is 0 Å². The van der Waals surface area contributed by atoms with Crippen molar-refractivity contribution >= 4 is 40.1 Å². The van der Waals surface area contributed by atoms with Gasteiger partial charge in [-0.1, -0.05) is 23.7 Å². The molecule has 30 heavy (non-hydrogen) atoms. The van der Waals surface area contributed by atoms with E-state index in [0.29, 0.717) is 28.5 Å². The molecule has 4 aromatic rings. The molecule has 1 saturated carbocycles. The van der Waals surface area contributed by atoms with Crippen LogP contribution in [0.25, 0.3) is 10.9 Å². The molecule has 2 heterocycles. The van der Waals surface area contributed by atoms with Crippen LogP contribution in [0.1, 0.15) is 43.0 Å². The van der Waals surface area contributed by atoms with Crippen LogP contribution in [0, 0.1) is 5.82 Å². The Morgan fingerprint density at radius 2 is 1.90 bits per heavy atom. The number of nitrogens with one attached hydrogen (secondary N) is 3. The highest BCUT2D eigenvalue weighted by atomic mass is 35.5. The summed E-state index contributed by atoms with van der Waals surface area (Å²) in [5.74, 6) is 2.10. The number of hydrogen-bond acceptors (Lipinski definition) is 5. The minimum atomic E-state index is -0.263. The molecule has 0 unspecified atom stereocenters. The molecule has 2 aromatic heterocycles. The van der Waals surface area contributed by atoms with Crippen LogP contribution in [0.2, 0.25) is 5.02 Å². The van der Waals surface area contributed by atoms with Gasteiger partial charge in [0.05, 0.1) is 11.6 Å². The number of aromatic amines is 1. The van der Waals surface area contributed by atoms with Gasteiger partial charge in [-0.05, 0) is 55.7 Å². The highest BCUT2D eigenvalue weighted by molar-refractivity contribution is 6.31. The van der Waals surface area contributed by atoms with E-state index < -0.39 is 0 Å². The van der Waals surface area contributed by atoms with Gasteiger partial charge in [-0.2, -0.15) is 10.1 Å². The van der Waals surface area contributed by atoms with Gasteiger partial charge in [-0.3, -0.25) is 5.10 Å². The van der Waals surface area contributed by atoms with Crippen molar-refractivity contribution in [1.29, 1.82) is 0 Å². The number of aromatic nitrogens is 4. The fourth-order valence-electron chi connectivity index (χ4n) is 3.41. The molecule has 1 atom stereocenters. The number of benzene rings is 2. The van der Waals surface area contributed by atoms with E-state index in [9.17, 15) is 4.39 Å². The summed E-state index contributed by atoms with van der Waals surface area (Å²) in [7, 11) is 0. The van der Waals surface area contributed by atoms with E-state index in [4.69, 9.17) is 11.6 Å². The van der Waals surface area contributed by atoms with E-state index in [1.54, 1.807) is 18.2 Å². The number of halogens is 2. The first-order chi connectivity index (χ1) is 14.5. The molecule has 8 heteroatoms. The average molecular weight is 423 g/mol. The molecule has 5 rings (SSSR count). The molecular weight excluding hydrogens is 403 g/mol. The van der Waals surface area contributed by atoms with Gasteiger partial charge < -0.3 is 10.6 Å². The monoisotopic (exact) mass is 422 g/mol. The summed E-state index contributed by atoms with van der Waals surface area (Å²) < 4.78 is 13.2. The fraction of sp³-hybridized carbons (Fsp3) is 0.227. The smallest absolute Gasteiger partial charge is 0.225 e. The van der Waals surface area contributed by atoms with Gasteiger partial charge >= 0.3 is 0 Å². The Kier molecular flexibility index (Phi) is 4.75. The second-order valence-corrected chi connectivity index (χ2v) is 8.02. The molecule has 3 N–H and O–H groups in total. The molecule has 0 radical (unpaired) electrons. The number of anilines is 3. The summed E-state index contributed by atoms with van der Waals surface area (Å²) in [5, 5.41) is 15.5. The van der Waals surface area contributed by atoms with Crippen molar-refractivity contribution in [3.8, 4) is 0 Å². The number of H-pyrrole nitrogens is 1. The number of rotatable bonds is 6. The summed E-state index contributed by atoms with van der Waals surface area (Å²) in [6.07, 6.45) is 2.39. The third kappa shape index (κ3) is 3.93. The summed E-state index contributed by atoms with van der Waals surface area (Å²) >= 11 is 6.21. The third-order valence-corrected chi connectivity index (χ3v) is 5.47. The first-order valence-electron chi connectivity index (χ1n) is 9.87. The van der Waals surface area contributed by atoms with Crippen LogP contribution in [0.15, 0.2) is 48.5 Å². The first-order valence-corrected chi connectivity index (χ1v) is 10.2. The van der Waals surface area contributed by atoms with Crippen molar-refractivity contribution in [3.05, 3.63) is 70.6 Å². The minimum absolute atomic E-state index is 0.102. The van der Waals surface area contributed by atoms with Crippen LogP contribution < -0.4 is 10.6 Å². The Morgan fingerprint density at radius 1 is 1.10 bits per heavy atom. The van der Waals surface area contributed by atoms with Crippen LogP contribution in [-0.4, -0.2) is 20.2 Å². The Bertz CT molecular complexity index is 1200. The second kappa shape index (κ2) is 7.57. The summed E-state index contributed by atoms with van der Waals surface area (Å²) in [5.41, 5.74) is 2.83.